The van der Waals surface area contributed by atoms with E-state index in [9.17, 15) is 0 Å². The molecule has 1 fully saturated rings. The van der Waals surface area contributed by atoms with Gasteiger partial charge in [0.25, 0.3) is 0 Å². The van der Waals surface area contributed by atoms with Crippen LogP contribution in [0.1, 0.15) is 38.7 Å². The molecule has 2 rings (SSSR count). The predicted octanol–water partition coefficient (Wildman–Crippen LogP) is 2.89. The first-order valence-corrected chi connectivity index (χ1v) is 8.43. The number of nitrogens with two attached hydrogens (primary N) is 1. The molecule has 0 aliphatic carbocycles. The molecule has 1 aromatic carbocycles. The van der Waals surface area contributed by atoms with Gasteiger partial charge in [0.1, 0.15) is 0 Å². The van der Waals surface area contributed by atoms with Crippen LogP contribution in [-0.4, -0.2) is 43.7 Å². The Bertz CT molecular complexity index is 407. The van der Waals surface area contributed by atoms with Crippen molar-refractivity contribution in [1.29, 1.82) is 0 Å². The molecule has 2 N–H and O–H groups in total. The summed E-state index contributed by atoms with van der Waals surface area (Å²) in [5.41, 5.74) is 8.71. The zero-order valence-corrected chi connectivity index (χ0v) is 13.9. The highest BCUT2D eigenvalue weighted by Crippen LogP contribution is 2.22. The number of anilines is 1. The number of benzene rings is 1. The molecule has 1 heterocycles. The van der Waals surface area contributed by atoms with Crippen LogP contribution < -0.4 is 10.6 Å². The van der Waals surface area contributed by atoms with Crippen LogP contribution in [0.5, 0.6) is 0 Å². The fourth-order valence-corrected chi connectivity index (χ4v) is 3.15. The molecular weight excluding hydrogens is 258 g/mol. The van der Waals surface area contributed by atoms with E-state index in [0.29, 0.717) is 6.04 Å². The molecule has 1 saturated heterocycles. The molecule has 118 valence electrons. The lowest BCUT2D eigenvalue weighted by molar-refractivity contribution is 0.221. The third-order valence-corrected chi connectivity index (χ3v) is 4.92. The Morgan fingerprint density at radius 3 is 2.33 bits per heavy atom. The van der Waals surface area contributed by atoms with Crippen LogP contribution in [0.2, 0.25) is 0 Å². The summed E-state index contributed by atoms with van der Waals surface area (Å²) in [6.45, 7) is 8.05. The van der Waals surface area contributed by atoms with E-state index in [1.165, 1.54) is 43.7 Å². The predicted molar refractivity (Wildman–Crippen MR) is 92.0 cm³/mol. The molecule has 0 amide bonds. The van der Waals surface area contributed by atoms with E-state index < -0.39 is 0 Å². The minimum Gasteiger partial charge on any atom is -0.372 e. The topological polar surface area (TPSA) is 32.5 Å². The number of piperidine rings is 1. The second-order valence-electron chi connectivity index (χ2n) is 6.32. The molecule has 0 aromatic heterocycles. The van der Waals surface area contributed by atoms with Crippen molar-refractivity contribution in [2.45, 2.75) is 51.6 Å². The summed E-state index contributed by atoms with van der Waals surface area (Å²) in [7, 11) is 2.24. The summed E-state index contributed by atoms with van der Waals surface area (Å²) in [5.74, 6) is 0. The van der Waals surface area contributed by atoms with Gasteiger partial charge in [-0.3, -0.25) is 0 Å². The molecule has 0 bridgehead atoms. The molecule has 1 aliphatic rings. The maximum atomic E-state index is 6.03. The van der Waals surface area contributed by atoms with E-state index in [1.54, 1.807) is 0 Å². The number of hydrogen-bond donors (Lipinski definition) is 1. The van der Waals surface area contributed by atoms with Crippen LogP contribution in [0.4, 0.5) is 5.69 Å². The van der Waals surface area contributed by atoms with Crippen LogP contribution in [0.3, 0.4) is 0 Å². The minimum absolute atomic E-state index is 0.284. The molecule has 3 nitrogen and oxygen atoms in total. The highest BCUT2D eigenvalue weighted by atomic mass is 15.2. The molecule has 3 heteroatoms. The van der Waals surface area contributed by atoms with Gasteiger partial charge in [0.05, 0.1) is 0 Å². The summed E-state index contributed by atoms with van der Waals surface area (Å²) in [6, 6.07) is 9.95. The first-order chi connectivity index (χ1) is 10.1. The van der Waals surface area contributed by atoms with Gasteiger partial charge in [-0.15, -0.1) is 0 Å². The van der Waals surface area contributed by atoms with Crippen molar-refractivity contribution < 1.29 is 0 Å². The van der Waals surface area contributed by atoms with Crippen molar-refractivity contribution >= 4 is 5.69 Å². The Hall–Kier alpha value is -1.06. The average molecular weight is 289 g/mol. The number of likely N-dealkylation sites (tertiary alicyclic amines) is 1. The third kappa shape index (κ3) is 4.45. The Kier molecular flexibility index (Phi) is 6.07. The van der Waals surface area contributed by atoms with Gasteiger partial charge in [-0.1, -0.05) is 26.0 Å². The summed E-state index contributed by atoms with van der Waals surface area (Å²) >= 11 is 0. The maximum absolute atomic E-state index is 6.03. The SMILES string of the molecule is CCC(N)Cc1ccc(N(C)C2CCN(CC)CC2)cc1. The molecule has 21 heavy (non-hydrogen) atoms. The van der Waals surface area contributed by atoms with Gasteiger partial charge >= 0.3 is 0 Å². The normalized spacial score (nSPS) is 18.7. The number of nitrogens with zero attached hydrogens (tertiary/aromatic N) is 2. The van der Waals surface area contributed by atoms with Crippen molar-refractivity contribution in [3.8, 4) is 0 Å². The van der Waals surface area contributed by atoms with E-state index in [4.69, 9.17) is 5.73 Å². The fraction of sp³-hybridized carbons (Fsp3) is 0.667. The summed E-state index contributed by atoms with van der Waals surface area (Å²) in [4.78, 5) is 5.00. The largest absolute Gasteiger partial charge is 0.372 e. The molecule has 0 spiro atoms. The Labute approximate surface area is 130 Å². The molecule has 0 radical (unpaired) electrons. The number of hydrogen-bond acceptors (Lipinski definition) is 3. The molecule has 1 unspecified atom stereocenters. The van der Waals surface area contributed by atoms with Gasteiger partial charge in [0.15, 0.2) is 0 Å². The molecule has 1 aliphatic heterocycles. The zero-order valence-electron chi connectivity index (χ0n) is 13.9. The fourth-order valence-electron chi connectivity index (χ4n) is 3.15. The van der Waals surface area contributed by atoms with Crippen LogP contribution in [0.25, 0.3) is 0 Å². The van der Waals surface area contributed by atoms with Crippen molar-refractivity contribution in [2.24, 2.45) is 5.73 Å². The van der Waals surface area contributed by atoms with Gasteiger partial charge in [-0.05, 0) is 49.9 Å². The lowest BCUT2D eigenvalue weighted by Crippen LogP contribution is -2.43. The summed E-state index contributed by atoms with van der Waals surface area (Å²) in [5, 5.41) is 0. The van der Waals surface area contributed by atoms with Crippen LogP contribution in [0.15, 0.2) is 24.3 Å². The first kappa shape index (κ1) is 16.3. The van der Waals surface area contributed by atoms with E-state index >= 15 is 0 Å². The standard InChI is InChI=1S/C18H31N3/c1-4-16(19)14-15-6-8-17(9-7-15)20(3)18-10-12-21(5-2)13-11-18/h6-9,16,18H,4-5,10-14,19H2,1-3H3. The lowest BCUT2D eigenvalue weighted by Gasteiger charge is -2.37. The van der Waals surface area contributed by atoms with Crippen LogP contribution in [-0.2, 0) is 6.42 Å². The second-order valence-corrected chi connectivity index (χ2v) is 6.32. The Balaban J connectivity index is 1.92. The smallest absolute Gasteiger partial charge is 0.0366 e. The van der Waals surface area contributed by atoms with Gasteiger partial charge in [0, 0.05) is 37.9 Å². The maximum Gasteiger partial charge on any atom is 0.0366 e. The monoisotopic (exact) mass is 289 g/mol. The van der Waals surface area contributed by atoms with Crippen molar-refractivity contribution in [1.82, 2.24) is 4.90 Å². The molecule has 1 atom stereocenters. The molecular formula is C18H31N3. The minimum atomic E-state index is 0.284. The first-order valence-electron chi connectivity index (χ1n) is 8.43. The highest BCUT2D eigenvalue weighted by molar-refractivity contribution is 5.48. The van der Waals surface area contributed by atoms with Crippen LogP contribution in [0, 0.1) is 0 Å². The summed E-state index contributed by atoms with van der Waals surface area (Å²) in [6.07, 6.45) is 4.56. The summed E-state index contributed by atoms with van der Waals surface area (Å²) < 4.78 is 0. The zero-order chi connectivity index (χ0) is 15.2. The van der Waals surface area contributed by atoms with E-state index in [0.717, 1.165) is 12.8 Å². The van der Waals surface area contributed by atoms with Gasteiger partial charge in [0.2, 0.25) is 0 Å². The third-order valence-electron chi connectivity index (χ3n) is 4.92. The average Bonchev–Trinajstić information content (AvgIpc) is 2.55. The van der Waals surface area contributed by atoms with E-state index in [1.807, 2.05) is 0 Å². The van der Waals surface area contributed by atoms with Crippen molar-refractivity contribution in [2.75, 3.05) is 31.6 Å². The second kappa shape index (κ2) is 7.81. The highest BCUT2D eigenvalue weighted by Gasteiger charge is 2.21. The Morgan fingerprint density at radius 1 is 1.19 bits per heavy atom. The van der Waals surface area contributed by atoms with Gasteiger partial charge in [-0.2, -0.15) is 0 Å². The van der Waals surface area contributed by atoms with E-state index in [2.05, 4.69) is 55.0 Å². The molecule has 0 saturated carbocycles. The van der Waals surface area contributed by atoms with E-state index in [-0.39, 0.29) is 6.04 Å². The Morgan fingerprint density at radius 2 is 1.81 bits per heavy atom. The quantitative estimate of drug-likeness (QED) is 0.874. The van der Waals surface area contributed by atoms with Gasteiger partial charge in [-0.25, -0.2) is 0 Å². The lowest BCUT2D eigenvalue weighted by atomic mass is 10.0. The van der Waals surface area contributed by atoms with Gasteiger partial charge < -0.3 is 15.5 Å². The number of rotatable bonds is 6. The molecule has 1 aromatic rings. The van der Waals surface area contributed by atoms with Crippen molar-refractivity contribution in [3.63, 3.8) is 0 Å². The van der Waals surface area contributed by atoms with Crippen LogP contribution >= 0.6 is 0 Å². The van der Waals surface area contributed by atoms with Crippen molar-refractivity contribution in [3.05, 3.63) is 29.8 Å².